The van der Waals surface area contributed by atoms with Crippen LogP contribution in [0.15, 0.2) is 66.4 Å². The third-order valence-electron chi connectivity index (χ3n) is 3.95. The number of carbonyl (C=O) groups excluding carboxylic acids is 1. The second-order valence-electron chi connectivity index (χ2n) is 5.85. The number of hydrogen-bond donors (Lipinski definition) is 0. The molecule has 0 saturated heterocycles. The maximum absolute atomic E-state index is 13.1. The van der Waals surface area contributed by atoms with Crippen molar-refractivity contribution in [1.82, 2.24) is 14.5 Å². The first kappa shape index (κ1) is 18.0. The first-order chi connectivity index (χ1) is 13.6. The minimum absolute atomic E-state index is 0.00880. The van der Waals surface area contributed by atoms with Gasteiger partial charge in [0, 0.05) is 16.6 Å². The van der Waals surface area contributed by atoms with E-state index in [1.807, 2.05) is 0 Å². The van der Waals surface area contributed by atoms with E-state index >= 15 is 0 Å². The minimum Gasteiger partial charge on any atom is -0.454 e. The van der Waals surface area contributed by atoms with Gasteiger partial charge in [0.2, 0.25) is 0 Å². The van der Waals surface area contributed by atoms with Crippen molar-refractivity contribution in [2.24, 2.45) is 0 Å². The summed E-state index contributed by atoms with van der Waals surface area (Å²) in [7, 11) is 0. The maximum Gasteiger partial charge on any atom is 0.357 e. The van der Waals surface area contributed by atoms with E-state index in [1.165, 1.54) is 52.7 Å². The third-order valence-corrected chi connectivity index (χ3v) is 4.89. The molecule has 2 aromatic carbocycles. The number of ether oxygens (including phenoxy) is 1. The Bertz CT molecular complexity index is 1110. The van der Waals surface area contributed by atoms with Gasteiger partial charge in [0.1, 0.15) is 23.2 Å². The number of halogens is 2. The smallest absolute Gasteiger partial charge is 0.357 e. The van der Waals surface area contributed by atoms with E-state index in [2.05, 4.69) is 9.97 Å². The molecule has 2 aromatic heterocycles. The van der Waals surface area contributed by atoms with Gasteiger partial charge in [-0.15, -0.1) is 11.3 Å². The summed E-state index contributed by atoms with van der Waals surface area (Å²) < 4.78 is 33.0. The van der Waals surface area contributed by atoms with Crippen LogP contribution in [0.1, 0.15) is 16.2 Å². The summed E-state index contributed by atoms with van der Waals surface area (Å²) in [5.41, 5.74) is 2.20. The molecule has 0 amide bonds. The van der Waals surface area contributed by atoms with Crippen molar-refractivity contribution >= 4 is 17.3 Å². The fourth-order valence-corrected chi connectivity index (χ4v) is 3.38. The second kappa shape index (κ2) is 7.69. The zero-order valence-electron chi connectivity index (χ0n) is 14.4. The van der Waals surface area contributed by atoms with Gasteiger partial charge in [0.05, 0.1) is 18.2 Å². The van der Waals surface area contributed by atoms with Gasteiger partial charge in [-0.25, -0.2) is 23.5 Å². The first-order valence-electron chi connectivity index (χ1n) is 8.26. The van der Waals surface area contributed by atoms with Crippen molar-refractivity contribution in [2.45, 2.75) is 6.61 Å². The number of aromatic nitrogens is 3. The lowest BCUT2D eigenvalue weighted by molar-refractivity contribution is 0.0459. The molecule has 0 saturated carbocycles. The van der Waals surface area contributed by atoms with Gasteiger partial charge in [-0.1, -0.05) is 0 Å². The predicted octanol–water partition coefficient (Wildman–Crippen LogP) is 4.63. The SMILES string of the molecule is O=C(OCc1csc(-c2ccc(F)cc2)n1)c1cncn1-c1ccc(F)cc1. The number of nitrogens with zero attached hydrogens (tertiary/aromatic N) is 3. The summed E-state index contributed by atoms with van der Waals surface area (Å²) in [5, 5.41) is 2.49. The maximum atomic E-state index is 13.1. The zero-order valence-corrected chi connectivity index (χ0v) is 15.2. The van der Waals surface area contributed by atoms with E-state index in [0.29, 0.717) is 16.4 Å². The van der Waals surface area contributed by atoms with Gasteiger partial charge in [0.25, 0.3) is 0 Å². The number of esters is 1. The van der Waals surface area contributed by atoms with Crippen LogP contribution >= 0.6 is 11.3 Å². The lowest BCUT2D eigenvalue weighted by atomic mass is 10.2. The van der Waals surface area contributed by atoms with E-state index in [9.17, 15) is 13.6 Å². The lowest BCUT2D eigenvalue weighted by Gasteiger charge is -2.07. The van der Waals surface area contributed by atoms with Crippen molar-refractivity contribution in [1.29, 1.82) is 0 Å². The highest BCUT2D eigenvalue weighted by molar-refractivity contribution is 7.13. The summed E-state index contributed by atoms with van der Waals surface area (Å²) in [4.78, 5) is 20.8. The van der Waals surface area contributed by atoms with E-state index in [0.717, 1.165) is 5.56 Å². The Hall–Kier alpha value is -3.39. The Balaban J connectivity index is 1.45. The molecule has 0 radical (unpaired) electrons. The number of thiazole rings is 1. The van der Waals surface area contributed by atoms with E-state index < -0.39 is 5.97 Å². The normalized spacial score (nSPS) is 10.8. The fourth-order valence-electron chi connectivity index (χ4n) is 2.57. The van der Waals surface area contributed by atoms with Crippen molar-refractivity contribution < 1.29 is 18.3 Å². The number of rotatable bonds is 5. The first-order valence-corrected chi connectivity index (χ1v) is 9.14. The molecule has 4 aromatic rings. The standard InChI is InChI=1S/C20H13F2N3O2S/c21-14-3-1-13(2-4-14)19-24-16(11-28-19)10-27-20(26)18-9-23-12-25(18)17-7-5-15(22)6-8-17/h1-9,11-12H,10H2. The molecule has 0 aliphatic heterocycles. The molecule has 8 heteroatoms. The monoisotopic (exact) mass is 397 g/mol. The number of benzene rings is 2. The average molecular weight is 397 g/mol. The summed E-state index contributed by atoms with van der Waals surface area (Å²) in [6, 6.07) is 11.7. The molecule has 0 aliphatic carbocycles. The van der Waals surface area contributed by atoms with E-state index in [4.69, 9.17) is 4.74 Å². The van der Waals surface area contributed by atoms with Gasteiger partial charge in [-0.2, -0.15) is 0 Å². The molecule has 0 atom stereocenters. The molecule has 140 valence electrons. The van der Waals surface area contributed by atoms with Crippen LogP contribution in [-0.4, -0.2) is 20.5 Å². The molecular formula is C20H13F2N3O2S. The van der Waals surface area contributed by atoms with Crippen LogP contribution in [0.25, 0.3) is 16.3 Å². The lowest BCUT2D eigenvalue weighted by Crippen LogP contribution is -2.11. The topological polar surface area (TPSA) is 57.0 Å². The van der Waals surface area contributed by atoms with Crippen LogP contribution in [-0.2, 0) is 11.3 Å². The average Bonchev–Trinajstić information content (AvgIpc) is 3.37. The van der Waals surface area contributed by atoms with Gasteiger partial charge in [-0.05, 0) is 48.5 Å². The van der Waals surface area contributed by atoms with Crippen molar-refractivity contribution in [3.8, 4) is 16.3 Å². The Morgan fingerprint density at radius 3 is 2.43 bits per heavy atom. The minimum atomic E-state index is -0.571. The molecule has 0 unspecified atom stereocenters. The van der Waals surface area contributed by atoms with E-state index in [-0.39, 0.29) is 23.9 Å². The molecule has 0 bridgehead atoms. The molecule has 0 aliphatic rings. The van der Waals surface area contributed by atoms with Crippen molar-refractivity contribution in [3.63, 3.8) is 0 Å². The molecular weight excluding hydrogens is 384 g/mol. The van der Waals surface area contributed by atoms with Gasteiger partial charge >= 0.3 is 5.97 Å². The molecule has 0 fully saturated rings. The molecule has 2 heterocycles. The van der Waals surface area contributed by atoms with Crippen LogP contribution in [0.4, 0.5) is 8.78 Å². The number of hydrogen-bond acceptors (Lipinski definition) is 5. The predicted molar refractivity (Wildman–Crippen MR) is 100 cm³/mol. The highest BCUT2D eigenvalue weighted by atomic mass is 32.1. The van der Waals surface area contributed by atoms with Gasteiger partial charge in [0.15, 0.2) is 5.69 Å². The van der Waals surface area contributed by atoms with Gasteiger partial charge in [-0.3, -0.25) is 4.57 Å². The molecule has 28 heavy (non-hydrogen) atoms. The number of carbonyl (C=O) groups is 1. The van der Waals surface area contributed by atoms with E-state index in [1.54, 1.807) is 29.6 Å². The van der Waals surface area contributed by atoms with Crippen molar-refractivity contribution in [3.05, 3.63) is 89.5 Å². The zero-order chi connectivity index (χ0) is 19.5. The Morgan fingerprint density at radius 2 is 1.71 bits per heavy atom. The Morgan fingerprint density at radius 1 is 1.04 bits per heavy atom. The third kappa shape index (κ3) is 3.81. The Kier molecular flexibility index (Phi) is 4.94. The fraction of sp³-hybridized carbons (Fsp3) is 0.0500. The van der Waals surface area contributed by atoms with Crippen LogP contribution < -0.4 is 0 Å². The summed E-state index contributed by atoms with van der Waals surface area (Å²) >= 11 is 1.38. The van der Waals surface area contributed by atoms with Crippen molar-refractivity contribution in [2.75, 3.05) is 0 Å². The summed E-state index contributed by atoms with van der Waals surface area (Å²) in [6.45, 7) is -0.00880. The highest BCUT2D eigenvalue weighted by Gasteiger charge is 2.16. The van der Waals surface area contributed by atoms with Crippen LogP contribution in [0.5, 0.6) is 0 Å². The highest BCUT2D eigenvalue weighted by Crippen LogP contribution is 2.24. The molecule has 0 N–H and O–H groups in total. The molecule has 5 nitrogen and oxygen atoms in total. The quantitative estimate of drug-likeness (QED) is 0.461. The largest absolute Gasteiger partial charge is 0.454 e. The van der Waals surface area contributed by atoms with Crippen LogP contribution in [0, 0.1) is 11.6 Å². The van der Waals surface area contributed by atoms with Gasteiger partial charge < -0.3 is 4.74 Å². The van der Waals surface area contributed by atoms with Crippen LogP contribution in [0.3, 0.4) is 0 Å². The van der Waals surface area contributed by atoms with Crippen LogP contribution in [0.2, 0.25) is 0 Å². The Labute approximate surface area is 162 Å². The summed E-state index contributed by atoms with van der Waals surface area (Å²) in [5.74, 6) is -1.25. The molecule has 4 rings (SSSR count). The summed E-state index contributed by atoms with van der Waals surface area (Å²) in [6.07, 6.45) is 2.84. The number of imidazole rings is 1. The second-order valence-corrected chi connectivity index (χ2v) is 6.71. The molecule has 0 spiro atoms.